The molecule has 4 saturated carbocycles. The Labute approximate surface area is 157 Å². The Kier molecular flexibility index (Phi) is 4.02. The first-order valence-electron chi connectivity index (χ1n) is 10.1. The standard InChI is InChI=1S/C19H25N5O3/c1-2-3-4-26-17-16(20-14-15(21-17)24-27-23-14)22-18(25)19-8-11-5-12(9-19)7-13(6-11)10-19/h11-13H,2-10H2,1H3,(H,20,22,23,25). The van der Waals surface area contributed by atoms with Crippen LogP contribution in [0.1, 0.15) is 58.3 Å². The molecular formula is C19H25N5O3. The molecule has 8 heteroatoms. The number of unbranched alkanes of at least 4 members (excludes halogenated alkanes) is 1. The van der Waals surface area contributed by atoms with E-state index in [1.807, 2.05) is 0 Å². The molecule has 1 amide bonds. The van der Waals surface area contributed by atoms with Crippen LogP contribution in [0, 0.1) is 23.2 Å². The number of nitrogens with zero attached hydrogens (tertiary/aromatic N) is 4. The van der Waals surface area contributed by atoms with Crippen LogP contribution in [0.4, 0.5) is 5.82 Å². The molecule has 0 radical (unpaired) electrons. The van der Waals surface area contributed by atoms with Gasteiger partial charge in [0, 0.05) is 0 Å². The lowest BCUT2D eigenvalue weighted by atomic mass is 9.49. The Morgan fingerprint density at radius 2 is 1.74 bits per heavy atom. The highest BCUT2D eigenvalue weighted by molar-refractivity contribution is 5.96. The molecule has 4 aliphatic carbocycles. The van der Waals surface area contributed by atoms with Crippen molar-refractivity contribution in [2.24, 2.45) is 23.2 Å². The van der Waals surface area contributed by atoms with Gasteiger partial charge in [0.25, 0.3) is 5.88 Å². The monoisotopic (exact) mass is 371 g/mol. The summed E-state index contributed by atoms with van der Waals surface area (Å²) in [7, 11) is 0. The van der Waals surface area contributed by atoms with E-state index in [4.69, 9.17) is 9.37 Å². The first kappa shape index (κ1) is 16.9. The molecule has 0 aromatic carbocycles. The van der Waals surface area contributed by atoms with Crippen molar-refractivity contribution in [3.63, 3.8) is 0 Å². The summed E-state index contributed by atoms with van der Waals surface area (Å²) in [5.41, 5.74) is 0.307. The number of ether oxygens (including phenoxy) is 1. The van der Waals surface area contributed by atoms with Crippen LogP contribution in [0.25, 0.3) is 11.3 Å². The second kappa shape index (κ2) is 6.42. The first-order chi connectivity index (χ1) is 13.1. The maximum atomic E-state index is 13.3. The summed E-state index contributed by atoms with van der Waals surface area (Å²) >= 11 is 0. The van der Waals surface area contributed by atoms with Gasteiger partial charge in [-0.25, -0.2) is 4.63 Å². The van der Waals surface area contributed by atoms with E-state index in [1.165, 1.54) is 19.3 Å². The molecule has 4 aliphatic rings. The second-order valence-electron chi connectivity index (χ2n) is 8.64. The number of hydrogen-bond acceptors (Lipinski definition) is 7. The van der Waals surface area contributed by atoms with Gasteiger partial charge in [-0.15, -0.1) is 0 Å². The molecule has 4 fully saturated rings. The molecule has 8 nitrogen and oxygen atoms in total. The molecular weight excluding hydrogens is 346 g/mol. The molecule has 144 valence electrons. The number of carbonyl (C=O) groups is 1. The molecule has 2 aromatic heterocycles. The van der Waals surface area contributed by atoms with Crippen LogP contribution >= 0.6 is 0 Å². The van der Waals surface area contributed by atoms with Gasteiger partial charge in [-0.05, 0) is 73.0 Å². The molecule has 0 spiro atoms. The van der Waals surface area contributed by atoms with E-state index in [1.54, 1.807) is 0 Å². The van der Waals surface area contributed by atoms with E-state index in [9.17, 15) is 4.79 Å². The number of hydrogen-bond donors (Lipinski definition) is 1. The molecule has 27 heavy (non-hydrogen) atoms. The van der Waals surface area contributed by atoms with Crippen LogP contribution in [0.2, 0.25) is 0 Å². The lowest BCUT2D eigenvalue weighted by molar-refractivity contribution is -0.140. The summed E-state index contributed by atoms with van der Waals surface area (Å²) in [6, 6.07) is 0. The summed E-state index contributed by atoms with van der Waals surface area (Å²) in [6.45, 7) is 2.61. The van der Waals surface area contributed by atoms with Crippen molar-refractivity contribution in [2.75, 3.05) is 11.9 Å². The normalized spacial score (nSPS) is 31.4. The average molecular weight is 371 g/mol. The summed E-state index contributed by atoms with van der Waals surface area (Å²) in [5, 5.41) is 10.5. The quantitative estimate of drug-likeness (QED) is 0.777. The lowest BCUT2D eigenvalue weighted by Crippen LogP contribution is -2.51. The third-order valence-corrected chi connectivity index (χ3v) is 6.57. The van der Waals surface area contributed by atoms with Crippen molar-refractivity contribution in [3.8, 4) is 5.88 Å². The van der Waals surface area contributed by atoms with E-state index in [2.05, 4.69) is 32.5 Å². The highest BCUT2D eigenvalue weighted by Crippen LogP contribution is 2.60. The van der Waals surface area contributed by atoms with E-state index in [0.29, 0.717) is 36.1 Å². The van der Waals surface area contributed by atoms with E-state index >= 15 is 0 Å². The Balaban J connectivity index is 1.41. The minimum Gasteiger partial charge on any atom is -0.475 e. The summed E-state index contributed by atoms with van der Waals surface area (Å²) in [5.74, 6) is 2.80. The van der Waals surface area contributed by atoms with Crippen molar-refractivity contribution in [2.45, 2.75) is 58.3 Å². The third-order valence-electron chi connectivity index (χ3n) is 6.57. The third kappa shape index (κ3) is 2.95. The fourth-order valence-electron chi connectivity index (χ4n) is 5.75. The molecule has 0 saturated heterocycles. The molecule has 4 bridgehead atoms. The highest BCUT2D eigenvalue weighted by atomic mass is 16.6. The molecule has 0 aliphatic heterocycles. The minimum atomic E-state index is -0.256. The maximum Gasteiger partial charge on any atom is 0.260 e. The number of nitrogens with one attached hydrogen (secondary N) is 1. The maximum absolute atomic E-state index is 13.3. The molecule has 0 atom stereocenters. The number of rotatable bonds is 6. The van der Waals surface area contributed by atoms with Gasteiger partial charge in [0.2, 0.25) is 17.2 Å². The second-order valence-corrected chi connectivity index (χ2v) is 8.64. The van der Waals surface area contributed by atoms with E-state index in [0.717, 1.165) is 32.1 Å². The summed E-state index contributed by atoms with van der Waals surface area (Å²) < 4.78 is 10.5. The topological polar surface area (TPSA) is 103 Å². The Morgan fingerprint density at radius 3 is 2.37 bits per heavy atom. The van der Waals surface area contributed by atoms with Crippen LogP contribution in [-0.2, 0) is 4.79 Å². The zero-order chi connectivity index (χ0) is 18.4. The van der Waals surface area contributed by atoms with Crippen LogP contribution in [-0.4, -0.2) is 32.8 Å². The predicted octanol–water partition coefficient (Wildman–Crippen LogP) is 3.35. The first-order valence-corrected chi connectivity index (χ1v) is 10.1. The van der Waals surface area contributed by atoms with Crippen molar-refractivity contribution >= 4 is 23.0 Å². The van der Waals surface area contributed by atoms with Crippen LogP contribution in [0.5, 0.6) is 5.88 Å². The number of aromatic nitrogens is 4. The van der Waals surface area contributed by atoms with Gasteiger partial charge >= 0.3 is 0 Å². The molecule has 2 aromatic rings. The number of amides is 1. The van der Waals surface area contributed by atoms with E-state index in [-0.39, 0.29) is 22.6 Å². The number of carbonyl (C=O) groups excluding carboxylic acids is 1. The zero-order valence-corrected chi connectivity index (χ0v) is 15.6. The molecule has 0 unspecified atom stereocenters. The van der Waals surface area contributed by atoms with Crippen LogP contribution in [0.15, 0.2) is 4.63 Å². The summed E-state index contributed by atoms with van der Waals surface area (Å²) in [4.78, 5) is 22.1. The van der Waals surface area contributed by atoms with Gasteiger partial charge < -0.3 is 10.1 Å². The summed E-state index contributed by atoms with van der Waals surface area (Å²) in [6.07, 6.45) is 8.81. The van der Waals surface area contributed by atoms with E-state index < -0.39 is 0 Å². The van der Waals surface area contributed by atoms with Gasteiger partial charge in [0.15, 0.2) is 5.82 Å². The zero-order valence-electron chi connectivity index (χ0n) is 15.6. The molecule has 1 N–H and O–H groups in total. The minimum absolute atomic E-state index is 0.0621. The van der Waals surface area contributed by atoms with Crippen LogP contribution < -0.4 is 10.1 Å². The average Bonchev–Trinajstić information content (AvgIpc) is 3.08. The van der Waals surface area contributed by atoms with Crippen LogP contribution in [0.3, 0.4) is 0 Å². The SMILES string of the molecule is CCCCOc1nc2nonc2nc1NC(=O)C12CC3CC(CC(C3)C1)C2. The van der Waals surface area contributed by atoms with Crippen molar-refractivity contribution < 1.29 is 14.2 Å². The smallest absolute Gasteiger partial charge is 0.260 e. The Bertz CT molecular complexity index is 829. The van der Waals surface area contributed by atoms with Crippen molar-refractivity contribution in [1.82, 2.24) is 20.3 Å². The van der Waals surface area contributed by atoms with Gasteiger partial charge in [-0.3, -0.25) is 4.79 Å². The molecule has 2 heterocycles. The Hall–Kier alpha value is -2.25. The van der Waals surface area contributed by atoms with Gasteiger partial charge in [-0.1, -0.05) is 13.3 Å². The molecule has 6 rings (SSSR count). The van der Waals surface area contributed by atoms with Crippen molar-refractivity contribution in [3.05, 3.63) is 0 Å². The van der Waals surface area contributed by atoms with Gasteiger partial charge in [0.05, 0.1) is 12.0 Å². The number of anilines is 1. The lowest BCUT2D eigenvalue weighted by Gasteiger charge is -2.55. The highest BCUT2D eigenvalue weighted by Gasteiger charge is 2.54. The van der Waals surface area contributed by atoms with Gasteiger partial charge in [-0.2, -0.15) is 9.97 Å². The van der Waals surface area contributed by atoms with Gasteiger partial charge in [0.1, 0.15) is 0 Å². The largest absolute Gasteiger partial charge is 0.475 e. The number of fused-ring (bicyclic) bond motifs is 1. The fraction of sp³-hybridized carbons (Fsp3) is 0.737. The van der Waals surface area contributed by atoms with Crippen molar-refractivity contribution in [1.29, 1.82) is 0 Å². The Morgan fingerprint density at radius 1 is 1.11 bits per heavy atom. The predicted molar refractivity (Wildman–Crippen MR) is 97.0 cm³/mol. The fourth-order valence-corrected chi connectivity index (χ4v) is 5.75.